The minimum absolute atomic E-state index is 0.0483. The van der Waals surface area contributed by atoms with Gasteiger partial charge in [-0.25, -0.2) is 4.98 Å². The van der Waals surface area contributed by atoms with E-state index < -0.39 is 0 Å². The Morgan fingerprint density at radius 1 is 1.09 bits per heavy atom. The van der Waals surface area contributed by atoms with Gasteiger partial charge >= 0.3 is 0 Å². The normalized spacial score (nSPS) is 16.7. The van der Waals surface area contributed by atoms with E-state index in [0.29, 0.717) is 18.6 Å². The molecule has 6 heteroatoms. The van der Waals surface area contributed by atoms with E-state index in [4.69, 9.17) is 9.72 Å². The Hall–Kier alpha value is -2.57. The summed E-state index contributed by atoms with van der Waals surface area (Å²) in [5, 5.41) is 8.53. The van der Waals surface area contributed by atoms with Crippen LogP contribution in [-0.2, 0) is 4.74 Å². The van der Waals surface area contributed by atoms with Crippen LogP contribution >= 0.6 is 0 Å². The molecule has 0 spiro atoms. The fourth-order valence-corrected chi connectivity index (χ4v) is 4.62. The van der Waals surface area contributed by atoms with Gasteiger partial charge in [-0.05, 0) is 38.3 Å². The van der Waals surface area contributed by atoms with Crippen LogP contribution in [0.5, 0.6) is 0 Å². The zero-order chi connectivity index (χ0) is 22.3. The molecule has 2 aromatic heterocycles. The van der Waals surface area contributed by atoms with Crippen LogP contribution in [0.15, 0.2) is 42.7 Å². The van der Waals surface area contributed by atoms with Crippen LogP contribution in [-0.4, -0.2) is 46.8 Å². The summed E-state index contributed by atoms with van der Waals surface area (Å²) in [7, 11) is 1.80. The Labute approximate surface area is 191 Å². The lowest BCUT2D eigenvalue weighted by molar-refractivity contribution is 0.0699. The van der Waals surface area contributed by atoms with Crippen LogP contribution in [0.1, 0.15) is 51.1 Å². The predicted octanol–water partition coefficient (Wildman–Crippen LogP) is 5.13. The molecular formula is C26H35N5O. The largest absolute Gasteiger partial charge is 0.378 e. The first-order valence-corrected chi connectivity index (χ1v) is 11.9. The quantitative estimate of drug-likeness (QED) is 0.488. The van der Waals surface area contributed by atoms with Crippen molar-refractivity contribution in [2.45, 2.75) is 70.6 Å². The Morgan fingerprint density at radius 2 is 1.91 bits per heavy atom. The SMILES string of the molecule is CCC(NC1CCCCC1)C(CNc1nc2ccccc2cc1-c1cnc(C)cn1)OC. The molecule has 2 heterocycles. The summed E-state index contributed by atoms with van der Waals surface area (Å²) in [5.74, 6) is 0.816. The van der Waals surface area contributed by atoms with E-state index in [1.165, 1.54) is 32.1 Å². The highest BCUT2D eigenvalue weighted by molar-refractivity contribution is 5.88. The molecule has 1 aliphatic carbocycles. The van der Waals surface area contributed by atoms with E-state index in [2.05, 4.69) is 39.7 Å². The Morgan fingerprint density at radius 3 is 2.62 bits per heavy atom. The molecule has 1 fully saturated rings. The van der Waals surface area contributed by atoms with Gasteiger partial charge in [0.1, 0.15) is 5.82 Å². The van der Waals surface area contributed by atoms with Crippen molar-refractivity contribution in [3.05, 3.63) is 48.4 Å². The van der Waals surface area contributed by atoms with Crippen LogP contribution in [0.4, 0.5) is 5.82 Å². The number of ether oxygens (including phenoxy) is 1. The molecule has 4 rings (SSSR count). The smallest absolute Gasteiger partial charge is 0.136 e. The third-order valence-corrected chi connectivity index (χ3v) is 6.50. The molecule has 170 valence electrons. The van der Waals surface area contributed by atoms with E-state index in [0.717, 1.165) is 40.1 Å². The second-order valence-corrected chi connectivity index (χ2v) is 8.79. The number of aromatic nitrogens is 3. The number of nitrogens with one attached hydrogen (secondary N) is 2. The molecule has 0 radical (unpaired) electrons. The topological polar surface area (TPSA) is 72.0 Å². The van der Waals surface area contributed by atoms with Gasteiger partial charge in [0.05, 0.1) is 29.2 Å². The monoisotopic (exact) mass is 433 g/mol. The van der Waals surface area contributed by atoms with Crippen molar-refractivity contribution in [2.75, 3.05) is 19.0 Å². The first-order valence-electron chi connectivity index (χ1n) is 11.9. The lowest BCUT2D eigenvalue weighted by Gasteiger charge is -2.32. The summed E-state index contributed by atoms with van der Waals surface area (Å²) in [6, 6.07) is 11.2. The highest BCUT2D eigenvalue weighted by atomic mass is 16.5. The number of hydrogen-bond acceptors (Lipinski definition) is 6. The second kappa shape index (κ2) is 10.8. The maximum absolute atomic E-state index is 5.93. The molecule has 0 aliphatic heterocycles. The molecule has 0 amide bonds. The van der Waals surface area contributed by atoms with Gasteiger partial charge in [0.15, 0.2) is 0 Å². The molecule has 32 heavy (non-hydrogen) atoms. The summed E-state index contributed by atoms with van der Waals surface area (Å²) in [5.41, 5.74) is 3.63. The van der Waals surface area contributed by atoms with Crippen molar-refractivity contribution in [1.82, 2.24) is 20.3 Å². The molecule has 2 unspecified atom stereocenters. The van der Waals surface area contributed by atoms with E-state index in [1.54, 1.807) is 13.3 Å². The van der Waals surface area contributed by atoms with Gasteiger partial charge in [-0.3, -0.25) is 9.97 Å². The number of anilines is 1. The molecule has 2 atom stereocenters. The Balaban J connectivity index is 1.56. The molecule has 2 N–H and O–H groups in total. The third-order valence-electron chi connectivity index (χ3n) is 6.50. The summed E-state index contributed by atoms with van der Waals surface area (Å²) < 4.78 is 5.93. The molecule has 1 aliphatic rings. The number of methoxy groups -OCH3 is 1. The summed E-state index contributed by atoms with van der Waals surface area (Å²) in [6.07, 6.45) is 11.2. The maximum atomic E-state index is 5.93. The summed E-state index contributed by atoms with van der Waals surface area (Å²) in [4.78, 5) is 14.0. The maximum Gasteiger partial charge on any atom is 0.136 e. The lowest BCUT2D eigenvalue weighted by Crippen LogP contribution is -2.49. The third kappa shape index (κ3) is 5.43. The molecule has 3 aromatic rings. The highest BCUT2D eigenvalue weighted by Gasteiger charge is 2.24. The van der Waals surface area contributed by atoms with Crippen molar-refractivity contribution in [1.29, 1.82) is 0 Å². The summed E-state index contributed by atoms with van der Waals surface area (Å²) in [6.45, 7) is 4.85. The fourth-order valence-electron chi connectivity index (χ4n) is 4.62. The van der Waals surface area contributed by atoms with Gasteiger partial charge in [-0.15, -0.1) is 0 Å². The van der Waals surface area contributed by atoms with E-state index in [-0.39, 0.29) is 6.10 Å². The zero-order valence-electron chi connectivity index (χ0n) is 19.5. The minimum atomic E-state index is 0.0483. The molecule has 0 bridgehead atoms. The van der Waals surface area contributed by atoms with Crippen LogP contribution in [0.3, 0.4) is 0 Å². The standard InChI is InChI=1S/C26H35N5O/c1-4-22(30-20-11-6-5-7-12-20)25(32-3)17-29-26-21(24-16-27-18(2)15-28-24)14-19-10-8-9-13-23(19)31-26/h8-10,13-16,20,22,25,30H,4-7,11-12,17H2,1-3H3,(H,29,31). The number of aryl methyl sites for hydroxylation is 1. The first kappa shape index (κ1) is 22.6. The van der Waals surface area contributed by atoms with Crippen molar-refractivity contribution < 1.29 is 4.74 Å². The Bertz CT molecular complexity index is 1000. The second-order valence-electron chi connectivity index (χ2n) is 8.79. The number of fused-ring (bicyclic) bond motifs is 1. The number of nitrogens with zero attached hydrogens (tertiary/aromatic N) is 3. The van der Waals surface area contributed by atoms with Crippen LogP contribution in [0.2, 0.25) is 0 Å². The van der Waals surface area contributed by atoms with E-state index >= 15 is 0 Å². The fraction of sp³-hybridized carbons (Fsp3) is 0.500. The average Bonchev–Trinajstić information content (AvgIpc) is 2.84. The summed E-state index contributed by atoms with van der Waals surface area (Å²) >= 11 is 0. The minimum Gasteiger partial charge on any atom is -0.378 e. The molecule has 0 saturated heterocycles. The van der Waals surface area contributed by atoms with Crippen LogP contribution in [0, 0.1) is 6.92 Å². The van der Waals surface area contributed by atoms with Gasteiger partial charge in [-0.2, -0.15) is 0 Å². The lowest BCUT2D eigenvalue weighted by atomic mass is 9.94. The van der Waals surface area contributed by atoms with Gasteiger partial charge in [0.2, 0.25) is 0 Å². The van der Waals surface area contributed by atoms with E-state index in [1.807, 2.05) is 31.3 Å². The average molecular weight is 434 g/mol. The van der Waals surface area contributed by atoms with Gasteiger partial charge < -0.3 is 15.4 Å². The number of benzene rings is 1. The molecule has 1 saturated carbocycles. The molecule has 1 aromatic carbocycles. The zero-order valence-corrected chi connectivity index (χ0v) is 19.5. The molecular weight excluding hydrogens is 398 g/mol. The first-order chi connectivity index (χ1) is 15.7. The van der Waals surface area contributed by atoms with E-state index in [9.17, 15) is 0 Å². The Kier molecular flexibility index (Phi) is 7.66. The van der Waals surface area contributed by atoms with Crippen molar-refractivity contribution in [3.8, 4) is 11.3 Å². The molecule has 6 nitrogen and oxygen atoms in total. The van der Waals surface area contributed by atoms with Gasteiger partial charge in [0, 0.05) is 42.9 Å². The highest BCUT2D eigenvalue weighted by Crippen LogP contribution is 2.29. The number of para-hydroxylation sites is 1. The van der Waals surface area contributed by atoms with Crippen LogP contribution < -0.4 is 10.6 Å². The van der Waals surface area contributed by atoms with Crippen LogP contribution in [0.25, 0.3) is 22.2 Å². The number of pyridine rings is 1. The number of hydrogen-bond donors (Lipinski definition) is 2. The number of rotatable bonds is 9. The van der Waals surface area contributed by atoms with Crippen molar-refractivity contribution in [3.63, 3.8) is 0 Å². The van der Waals surface area contributed by atoms with Gasteiger partial charge in [-0.1, -0.05) is 44.4 Å². The van der Waals surface area contributed by atoms with Gasteiger partial charge in [0.25, 0.3) is 0 Å². The predicted molar refractivity (Wildman–Crippen MR) is 131 cm³/mol. The van der Waals surface area contributed by atoms with Crippen molar-refractivity contribution in [2.24, 2.45) is 0 Å². The van der Waals surface area contributed by atoms with Crippen molar-refractivity contribution >= 4 is 16.7 Å².